The Bertz CT molecular complexity index is 187. The van der Waals surface area contributed by atoms with E-state index < -0.39 is 16.6 Å². The van der Waals surface area contributed by atoms with Gasteiger partial charge in [0.1, 0.15) is 0 Å². The molecule has 0 amide bonds. The summed E-state index contributed by atoms with van der Waals surface area (Å²) in [4.78, 5) is 0. The zero-order chi connectivity index (χ0) is 8.65. The van der Waals surface area contributed by atoms with Crippen molar-refractivity contribution in [2.45, 2.75) is 12.3 Å². The lowest BCUT2D eigenvalue weighted by Crippen LogP contribution is -2.30. The fourth-order valence-electron chi connectivity index (χ4n) is 1.09. The van der Waals surface area contributed by atoms with Crippen molar-refractivity contribution in [2.24, 2.45) is 5.92 Å². The highest BCUT2D eigenvalue weighted by molar-refractivity contribution is 7.76. The minimum Gasteiger partial charge on any atom is -0.384 e. The summed E-state index contributed by atoms with van der Waals surface area (Å²) in [5, 5.41) is 8.65. The maximum Gasteiger partial charge on any atom is 0.234 e. The average molecular weight is 197 g/mol. The molecule has 1 aliphatic rings. The lowest BCUT2D eigenvalue weighted by Gasteiger charge is -2.19. The van der Waals surface area contributed by atoms with Crippen molar-refractivity contribution in [3.63, 3.8) is 0 Å². The van der Waals surface area contributed by atoms with Crippen LogP contribution in [0.2, 0.25) is 0 Å². The number of β-amino-alcohol motifs (C(OH)–C–C–N with tert-alkyl or cyclic N) is 1. The number of nitrogens with zero attached hydrogens (tertiary/aromatic N) is 1. The molecule has 1 heterocycles. The Morgan fingerprint density at radius 3 is 2.55 bits per heavy atom. The molecule has 0 aromatic rings. The SMILES string of the molecule is CC1CN(S(=O)O)CC1(O)P. The van der Waals surface area contributed by atoms with Crippen LogP contribution in [-0.2, 0) is 11.3 Å². The zero-order valence-corrected chi connectivity index (χ0v) is 8.20. The molecule has 0 aliphatic carbocycles. The second-order valence-corrected chi connectivity index (χ2v) is 4.92. The number of rotatable bonds is 1. The van der Waals surface area contributed by atoms with Crippen LogP contribution in [0.4, 0.5) is 0 Å². The minimum absolute atomic E-state index is 0.0172. The first-order valence-electron chi connectivity index (χ1n) is 3.30. The predicted molar refractivity (Wildman–Crippen MR) is 46.2 cm³/mol. The van der Waals surface area contributed by atoms with Gasteiger partial charge in [-0.1, -0.05) is 6.92 Å². The Morgan fingerprint density at radius 2 is 2.36 bits per heavy atom. The third-order valence-corrected chi connectivity index (χ3v) is 3.45. The van der Waals surface area contributed by atoms with Gasteiger partial charge in [-0.25, -0.2) is 4.21 Å². The number of hydrogen-bond donors (Lipinski definition) is 2. The van der Waals surface area contributed by atoms with E-state index in [0.29, 0.717) is 6.54 Å². The molecule has 11 heavy (non-hydrogen) atoms. The Balaban J connectivity index is 2.64. The second-order valence-electron chi connectivity index (χ2n) is 2.95. The van der Waals surface area contributed by atoms with Crippen LogP contribution in [0.3, 0.4) is 0 Å². The molecule has 0 radical (unpaired) electrons. The van der Waals surface area contributed by atoms with Gasteiger partial charge < -0.3 is 5.11 Å². The van der Waals surface area contributed by atoms with Crippen LogP contribution >= 0.6 is 9.24 Å². The van der Waals surface area contributed by atoms with Crippen LogP contribution in [0.15, 0.2) is 0 Å². The van der Waals surface area contributed by atoms with Crippen LogP contribution in [0, 0.1) is 5.92 Å². The summed E-state index contributed by atoms with van der Waals surface area (Å²) in [6.45, 7) is 2.55. The molecule has 1 rings (SSSR count). The zero-order valence-electron chi connectivity index (χ0n) is 6.23. The Kier molecular flexibility index (Phi) is 2.67. The molecule has 0 saturated carbocycles. The largest absolute Gasteiger partial charge is 0.384 e. The second kappa shape index (κ2) is 3.07. The van der Waals surface area contributed by atoms with Crippen molar-refractivity contribution >= 4 is 20.5 Å². The lowest BCUT2D eigenvalue weighted by atomic mass is 10.1. The molecule has 0 spiro atoms. The monoisotopic (exact) mass is 197 g/mol. The Morgan fingerprint density at radius 1 is 1.82 bits per heavy atom. The smallest absolute Gasteiger partial charge is 0.234 e. The maximum absolute atomic E-state index is 10.6. The van der Waals surface area contributed by atoms with E-state index in [-0.39, 0.29) is 12.5 Å². The fourth-order valence-corrected chi connectivity index (χ4v) is 2.21. The molecule has 6 heteroatoms. The summed E-state index contributed by atoms with van der Waals surface area (Å²) in [6, 6.07) is 0. The van der Waals surface area contributed by atoms with E-state index in [1.54, 1.807) is 0 Å². The van der Waals surface area contributed by atoms with Crippen molar-refractivity contribution in [1.29, 1.82) is 0 Å². The quantitative estimate of drug-likeness (QED) is 0.445. The van der Waals surface area contributed by atoms with Gasteiger partial charge in [-0.05, 0) is 0 Å². The van der Waals surface area contributed by atoms with Gasteiger partial charge in [-0.2, -0.15) is 4.31 Å². The lowest BCUT2D eigenvalue weighted by molar-refractivity contribution is 0.115. The molecule has 2 N–H and O–H groups in total. The van der Waals surface area contributed by atoms with Gasteiger partial charge in [0, 0.05) is 19.0 Å². The summed E-state index contributed by atoms with van der Waals surface area (Å²) in [7, 11) is 2.31. The van der Waals surface area contributed by atoms with Gasteiger partial charge in [0.05, 0.1) is 5.34 Å². The molecule has 0 bridgehead atoms. The van der Waals surface area contributed by atoms with Gasteiger partial charge in [0.15, 0.2) is 0 Å². The molecule has 4 nitrogen and oxygen atoms in total. The summed E-state index contributed by atoms with van der Waals surface area (Å²) < 4.78 is 20.6. The predicted octanol–water partition coefficient (Wildman–Crippen LogP) is -0.362. The van der Waals surface area contributed by atoms with Crippen molar-refractivity contribution in [1.82, 2.24) is 4.31 Å². The molecule has 4 atom stereocenters. The van der Waals surface area contributed by atoms with Crippen molar-refractivity contribution in [3.8, 4) is 0 Å². The third kappa shape index (κ3) is 1.98. The van der Waals surface area contributed by atoms with Gasteiger partial charge in [-0.15, -0.1) is 9.24 Å². The van der Waals surface area contributed by atoms with Crippen LogP contribution in [0.1, 0.15) is 6.92 Å². The molecular formula is C5H12NO3PS. The minimum atomic E-state index is -1.95. The van der Waals surface area contributed by atoms with Crippen molar-refractivity contribution in [2.75, 3.05) is 13.1 Å². The molecule has 1 aliphatic heterocycles. The van der Waals surface area contributed by atoms with E-state index in [9.17, 15) is 9.32 Å². The molecule has 66 valence electrons. The highest BCUT2D eigenvalue weighted by atomic mass is 32.2. The normalized spacial score (nSPS) is 42.7. The van der Waals surface area contributed by atoms with Crippen LogP contribution < -0.4 is 0 Å². The molecule has 0 aromatic carbocycles. The van der Waals surface area contributed by atoms with Crippen LogP contribution in [-0.4, -0.2) is 36.6 Å². The summed E-state index contributed by atoms with van der Waals surface area (Å²) in [5.74, 6) is 0.0172. The highest BCUT2D eigenvalue weighted by Gasteiger charge is 2.40. The maximum atomic E-state index is 10.6. The summed E-state index contributed by atoms with van der Waals surface area (Å²) >= 11 is -1.95. The Hall–Kier alpha value is 0.460. The van der Waals surface area contributed by atoms with E-state index in [4.69, 9.17) is 4.55 Å². The molecule has 4 unspecified atom stereocenters. The van der Waals surface area contributed by atoms with E-state index in [1.165, 1.54) is 4.31 Å². The number of hydrogen-bond acceptors (Lipinski definition) is 2. The van der Waals surface area contributed by atoms with E-state index in [0.717, 1.165) is 0 Å². The van der Waals surface area contributed by atoms with Crippen molar-refractivity contribution in [3.05, 3.63) is 0 Å². The molecule has 1 saturated heterocycles. The van der Waals surface area contributed by atoms with Crippen molar-refractivity contribution < 1.29 is 13.9 Å². The standard InChI is InChI=1S/C5H12NO3PS/c1-4-2-6(11(8)9)3-5(4,7)10/h4,7H,2-3,10H2,1H3,(H,8,9). The molecule has 1 fully saturated rings. The van der Waals surface area contributed by atoms with E-state index in [1.807, 2.05) is 6.92 Å². The van der Waals surface area contributed by atoms with Gasteiger partial charge in [-0.3, -0.25) is 4.55 Å². The molecular weight excluding hydrogens is 185 g/mol. The summed E-state index contributed by atoms with van der Waals surface area (Å²) in [6.07, 6.45) is 0. The highest BCUT2D eigenvalue weighted by Crippen LogP contribution is 2.33. The van der Waals surface area contributed by atoms with E-state index in [2.05, 4.69) is 9.24 Å². The first-order chi connectivity index (χ1) is 4.93. The molecule has 0 aromatic heterocycles. The summed E-state index contributed by atoms with van der Waals surface area (Å²) in [5.41, 5.74) is 0. The topological polar surface area (TPSA) is 60.8 Å². The van der Waals surface area contributed by atoms with E-state index >= 15 is 0 Å². The fraction of sp³-hybridized carbons (Fsp3) is 1.00. The first-order valence-corrected chi connectivity index (χ1v) is 4.95. The number of aliphatic hydroxyl groups is 1. The van der Waals surface area contributed by atoms with Gasteiger partial charge in [0.2, 0.25) is 11.3 Å². The Labute approximate surface area is 70.6 Å². The first kappa shape index (κ1) is 9.55. The van der Waals surface area contributed by atoms with Gasteiger partial charge in [0.25, 0.3) is 0 Å². The van der Waals surface area contributed by atoms with Crippen LogP contribution in [0.25, 0.3) is 0 Å². The van der Waals surface area contributed by atoms with Crippen LogP contribution in [0.5, 0.6) is 0 Å². The van der Waals surface area contributed by atoms with Gasteiger partial charge >= 0.3 is 0 Å². The third-order valence-electron chi connectivity index (χ3n) is 1.98. The average Bonchev–Trinajstić information content (AvgIpc) is 2.08.